The number of hydrogen-bond acceptors (Lipinski definition) is 2. The summed E-state index contributed by atoms with van der Waals surface area (Å²) in [7, 11) is 0. The van der Waals surface area contributed by atoms with Gasteiger partial charge in [-0.15, -0.1) is 0 Å². The molecule has 0 radical (unpaired) electrons. The highest BCUT2D eigenvalue weighted by Gasteiger charge is 2.04. The second-order valence-corrected chi connectivity index (χ2v) is 5.54. The number of nitrogens with two attached hydrogens (primary N) is 1. The standard InChI is InChI=1S/C13H19IN2O/c1-9-6-7-11(8-12(9)14)16-13(17)5-3-4-10(2)15/h6-8,10H,3-5,15H2,1-2H3,(H,16,17). The lowest BCUT2D eigenvalue weighted by molar-refractivity contribution is -0.116. The van der Waals surface area contributed by atoms with E-state index < -0.39 is 0 Å². The number of carbonyl (C=O) groups is 1. The minimum atomic E-state index is 0.0605. The highest BCUT2D eigenvalue weighted by atomic mass is 127. The van der Waals surface area contributed by atoms with Crippen LogP contribution in [0.15, 0.2) is 18.2 Å². The molecule has 1 unspecified atom stereocenters. The summed E-state index contributed by atoms with van der Waals surface area (Å²) in [4.78, 5) is 11.6. The third-order valence-corrected chi connectivity index (χ3v) is 3.68. The van der Waals surface area contributed by atoms with Crippen molar-refractivity contribution in [1.29, 1.82) is 0 Å². The highest BCUT2D eigenvalue weighted by Crippen LogP contribution is 2.17. The zero-order valence-electron chi connectivity index (χ0n) is 10.3. The number of anilines is 1. The quantitative estimate of drug-likeness (QED) is 0.806. The van der Waals surface area contributed by atoms with Crippen molar-refractivity contribution < 1.29 is 4.79 Å². The first-order valence-electron chi connectivity index (χ1n) is 5.80. The number of aryl methyl sites for hydroxylation is 1. The Morgan fingerprint density at radius 1 is 1.53 bits per heavy atom. The minimum Gasteiger partial charge on any atom is -0.328 e. The SMILES string of the molecule is Cc1ccc(NC(=O)CCCC(C)N)cc1I. The molecule has 4 heteroatoms. The predicted octanol–water partition coefficient (Wildman–Crippen LogP) is 3.06. The van der Waals surface area contributed by atoms with Crippen molar-refractivity contribution in [2.24, 2.45) is 5.73 Å². The van der Waals surface area contributed by atoms with Crippen LogP contribution < -0.4 is 11.1 Å². The maximum absolute atomic E-state index is 11.6. The zero-order valence-corrected chi connectivity index (χ0v) is 12.5. The largest absolute Gasteiger partial charge is 0.328 e. The zero-order chi connectivity index (χ0) is 12.8. The molecular formula is C13H19IN2O. The highest BCUT2D eigenvalue weighted by molar-refractivity contribution is 14.1. The summed E-state index contributed by atoms with van der Waals surface area (Å²) in [6.45, 7) is 4.01. The van der Waals surface area contributed by atoms with E-state index in [1.54, 1.807) is 0 Å². The smallest absolute Gasteiger partial charge is 0.224 e. The Morgan fingerprint density at radius 2 is 2.24 bits per heavy atom. The van der Waals surface area contributed by atoms with Gasteiger partial charge in [-0.2, -0.15) is 0 Å². The van der Waals surface area contributed by atoms with Gasteiger partial charge >= 0.3 is 0 Å². The molecule has 1 aromatic rings. The first kappa shape index (κ1) is 14.4. The minimum absolute atomic E-state index is 0.0605. The molecule has 3 nitrogen and oxygen atoms in total. The molecule has 3 N–H and O–H groups in total. The molecule has 0 fully saturated rings. The van der Waals surface area contributed by atoms with E-state index in [-0.39, 0.29) is 11.9 Å². The summed E-state index contributed by atoms with van der Waals surface area (Å²) in [5.41, 5.74) is 7.72. The van der Waals surface area contributed by atoms with Gasteiger partial charge < -0.3 is 11.1 Å². The van der Waals surface area contributed by atoms with Gasteiger partial charge in [0.1, 0.15) is 0 Å². The van der Waals surface area contributed by atoms with Crippen molar-refractivity contribution in [2.45, 2.75) is 39.2 Å². The number of amides is 1. The maximum atomic E-state index is 11.6. The van der Waals surface area contributed by atoms with Crippen molar-refractivity contribution in [1.82, 2.24) is 0 Å². The van der Waals surface area contributed by atoms with Crippen molar-refractivity contribution >= 4 is 34.2 Å². The van der Waals surface area contributed by atoms with E-state index in [1.165, 1.54) is 5.56 Å². The fraction of sp³-hybridized carbons (Fsp3) is 0.462. The number of hydrogen-bond donors (Lipinski definition) is 2. The first-order chi connectivity index (χ1) is 7.99. The summed E-state index contributed by atoms with van der Waals surface area (Å²) in [5.74, 6) is 0.0605. The lowest BCUT2D eigenvalue weighted by Gasteiger charge is -2.08. The van der Waals surface area contributed by atoms with Crippen molar-refractivity contribution in [3.63, 3.8) is 0 Å². The fourth-order valence-electron chi connectivity index (χ4n) is 1.48. The van der Waals surface area contributed by atoms with Gasteiger partial charge in [0.15, 0.2) is 0 Å². The molecule has 0 aliphatic heterocycles. The number of nitrogens with one attached hydrogen (secondary N) is 1. The molecule has 0 aliphatic carbocycles. The molecule has 0 heterocycles. The summed E-state index contributed by atoms with van der Waals surface area (Å²) < 4.78 is 1.16. The Labute approximate surface area is 116 Å². The monoisotopic (exact) mass is 346 g/mol. The average Bonchev–Trinajstić information content (AvgIpc) is 2.23. The fourth-order valence-corrected chi connectivity index (χ4v) is 1.99. The summed E-state index contributed by atoms with van der Waals surface area (Å²) in [5, 5.41) is 2.90. The van der Waals surface area contributed by atoms with Crippen LogP contribution >= 0.6 is 22.6 Å². The molecule has 94 valence electrons. The van der Waals surface area contributed by atoms with Crippen LogP contribution in [0.25, 0.3) is 0 Å². The molecular weight excluding hydrogens is 327 g/mol. The van der Waals surface area contributed by atoms with Gasteiger partial charge in [0.05, 0.1) is 0 Å². The summed E-state index contributed by atoms with van der Waals surface area (Å²) >= 11 is 2.27. The normalized spacial score (nSPS) is 12.2. The molecule has 0 saturated heterocycles. The Hall–Kier alpha value is -0.620. The second kappa shape index (κ2) is 6.96. The maximum Gasteiger partial charge on any atom is 0.224 e. The van der Waals surface area contributed by atoms with Gasteiger partial charge in [-0.1, -0.05) is 6.07 Å². The third kappa shape index (κ3) is 5.50. The van der Waals surface area contributed by atoms with Crippen LogP contribution in [0.3, 0.4) is 0 Å². The van der Waals surface area contributed by atoms with Crippen LogP contribution in [0.5, 0.6) is 0 Å². The summed E-state index contributed by atoms with van der Waals surface area (Å²) in [6.07, 6.45) is 2.26. The average molecular weight is 346 g/mol. The van der Waals surface area contributed by atoms with Crippen LogP contribution in [0.4, 0.5) is 5.69 Å². The topological polar surface area (TPSA) is 55.1 Å². The van der Waals surface area contributed by atoms with E-state index in [0.717, 1.165) is 22.1 Å². The molecule has 17 heavy (non-hydrogen) atoms. The molecule has 0 aliphatic rings. The van der Waals surface area contributed by atoms with E-state index in [9.17, 15) is 4.79 Å². The van der Waals surface area contributed by atoms with Gasteiger partial charge in [-0.05, 0) is 67.0 Å². The third-order valence-electron chi connectivity index (χ3n) is 2.52. The Bertz CT molecular complexity index is 391. The van der Waals surface area contributed by atoms with Crippen molar-refractivity contribution in [3.8, 4) is 0 Å². The van der Waals surface area contributed by atoms with Crippen molar-refractivity contribution in [3.05, 3.63) is 27.3 Å². The van der Waals surface area contributed by atoms with E-state index in [2.05, 4.69) is 34.8 Å². The number of benzene rings is 1. The Balaban J connectivity index is 2.42. The van der Waals surface area contributed by atoms with Crippen LogP contribution in [0.2, 0.25) is 0 Å². The lowest BCUT2D eigenvalue weighted by atomic mass is 10.1. The van der Waals surface area contributed by atoms with Gasteiger partial charge in [-0.3, -0.25) is 4.79 Å². The van der Waals surface area contributed by atoms with E-state index in [1.807, 2.05) is 25.1 Å². The van der Waals surface area contributed by atoms with Gasteiger partial charge in [0, 0.05) is 21.7 Å². The van der Waals surface area contributed by atoms with E-state index in [0.29, 0.717) is 6.42 Å². The molecule has 1 aromatic carbocycles. The molecule has 1 atom stereocenters. The van der Waals surface area contributed by atoms with Crippen LogP contribution in [-0.4, -0.2) is 11.9 Å². The molecule has 0 saturated carbocycles. The first-order valence-corrected chi connectivity index (χ1v) is 6.88. The Morgan fingerprint density at radius 3 is 2.82 bits per heavy atom. The predicted molar refractivity (Wildman–Crippen MR) is 80.0 cm³/mol. The summed E-state index contributed by atoms with van der Waals surface area (Å²) in [6, 6.07) is 6.10. The van der Waals surface area contributed by atoms with Gasteiger partial charge in [-0.25, -0.2) is 0 Å². The van der Waals surface area contributed by atoms with Crippen LogP contribution in [0, 0.1) is 10.5 Å². The lowest BCUT2D eigenvalue weighted by Crippen LogP contribution is -2.16. The number of rotatable bonds is 5. The van der Waals surface area contributed by atoms with Gasteiger partial charge in [0.25, 0.3) is 0 Å². The second-order valence-electron chi connectivity index (χ2n) is 4.38. The van der Waals surface area contributed by atoms with Gasteiger partial charge in [0.2, 0.25) is 5.91 Å². The molecule has 1 amide bonds. The Kier molecular flexibility index (Phi) is 5.91. The van der Waals surface area contributed by atoms with E-state index in [4.69, 9.17) is 5.73 Å². The molecule has 0 bridgehead atoms. The molecule has 0 aromatic heterocycles. The number of halogens is 1. The van der Waals surface area contributed by atoms with E-state index >= 15 is 0 Å². The number of carbonyl (C=O) groups excluding carboxylic acids is 1. The van der Waals surface area contributed by atoms with Crippen molar-refractivity contribution in [2.75, 3.05) is 5.32 Å². The molecule has 0 spiro atoms. The molecule has 1 rings (SSSR count). The van der Waals surface area contributed by atoms with Crippen LogP contribution in [0.1, 0.15) is 31.7 Å². The van der Waals surface area contributed by atoms with Crippen LogP contribution in [-0.2, 0) is 4.79 Å².